The molecule has 1 unspecified atom stereocenters. The van der Waals surface area contributed by atoms with Crippen LogP contribution in [0.1, 0.15) is 23.6 Å². The van der Waals surface area contributed by atoms with E-state index in [0.29, 0.717) is 6.04 Å². The quantitative estimate of drug-likeness (QED) is 0.878. The molecule has 0 fully saturated rings. The maximum absolute atomic E-state index is 5.35. The van der Waals surface area contributed by atoms with E-state index < -0.39 is 0 Å². The molecule has 2 aromatic carbocycles. The van der Waals surface area contributed by atoms with E-state index in [1.54, 1.807) is 14.2 Å². The normalized spacial score (nSPS) is 16.4. The molecule has 0 saturated carbocycles. The summed E-state index contributed by atoms with van der Waals surface area (Å²) in [5.74, 6) is 1.75. The largest absolute Gasteiger partial charge is 0.497 e. The third kappa shape index (κ3) is 2.86. The summed E-state index contributed by atoms with van der Waals surface area (Å²) < 4.78 is 11.6. The lowest BCUT2D eigenvalue weighted by molar-refractivity contribution is 0.412. The van der Waals surface area contributed by atoms with Crippen LogP contribution in [0.2, 0.25) is 0 Å². The summed E-state index contributed by atoms with van der Waals surface area (Å²) in [6.07, 6.45) is 2.20. The molecule has 110 valence electrons. The molecule has 4 heteroatoms. The van der Waals surface area contributed by atoms with Crippen molar-refractivity contribution in [1.82, 2.24) is 0 Å². The molecule has 0 bridgehead atoms. The van der Waals surface area contributed by atoms with E-state index in [0.717, 1.165) is 34.5 Å². The number of aryl methyl sites for hydroxylation is 1. The predicted octanol–water partition coefficient (Wildman–Crippen LogP) is 4.57. The Bertz CT molecular complexity index is 657. The molecule has 0 aromatic heterocycles. The smallest absolute Gasteiger partial charge is 0.135 e. The second-order valence-electron chi connectivity index (χ2n) is 5.15. The number of ether oxygens (including phenoxy) is 2. The van der Waals surface area contributed by atoms with Crippen molar-refractivity contribution in [1.29, 1.82) is 0 Å². The van der Waals surface area contributed by atoms with E-state index in [9.17, 15) is 0 Å². The third-order valence-electron chi connectivity index (χ3n) is 3.92. The second kappa shape index (κ2) is 5.98. The van der Waals surface area contributed by atoms with Gasteiger partial charge >= 0.3 is 0 Å². The van der Waals surface area contributed by atoms with Gasteiger partial charge in [0.15, 0.2) is 0 Å². The first-order chi connectivity index (χ1) is 10.2. The summed E-state index contributed by atoms with van der Waals surface area (Å²) >= 11 is 3.48. The fraction of sp³-hybridized carbons (Fsp3) is 0.294. The highest BCUT2D eigenvalue weighted by Crippen LogP contribution is 2.37. The van der Waals surface area contributed by atoms with Crippen LogP contribution in [0.4, 0.5) is 5.69 Å². The molecule has 3 nitrogen and oxygen atoms in total. The number of rotatable bonds is 4. The highest BCUT2D eigenvalue weighted by molar-refractivity contribution is 9.10. The monoisotopic (exact) mass is 347 g/mol. The molecule has 1 N–H and O–H groups in total. The van der Waals surface area contributed by atoms with Crippen LogP contribution >= 0.6 is 15.9 Å². The Balaban J connectivity index is 1.85. The maximum Gasteiger partial charge on any atom is 0.135 e. The lowest BCUT2D eigenvalue weighted by Gasteiger charge is -2.17. The molecule has 21 heavy (non-hydrogen) atoms. The number of methoxy groups -OCH3 is 2. The predicted molar refractivity (Wildman–Crippen MR) is 88.4 cm³/mol. The van der Waals surface area contributed by atoms with Crippen LogP contribution in [0.3, 0.4) is 0 Å². The molecule has 0 spiro atoms. The van der Waals surface area contributed by atoms with Gasteiger partial charge in [-0.2, -0.15) is 0 Å². The van der Waals surface area contributed by atoms with Crippen molar-refractivity contribution in [3.8, 4) is 11.5 Å². The number of benzene rings is 2. The first-order valence-electron chi connectivity index (χ1n) is 6.98. The van der Waals surface area contributed by atoms with Gasteiger partial charge in [0.1, 0.15) is 11.5 Å². The fourth-order valence-electron chi connectivity index (χ4n) is 2.81. The minimum Gasteiger partial charge on any atom is -0.497 e. The van der Waals surface area contributed by atoms with Crippen LogP contribution in [-0.4, -0.2) is 14.2 Å². The van der Waals surface area contributed by atoms with Crippen LogP contribution in [0, 0.1) is 0 Å². The van der Waals surface area contributed by atoms with E-state index in [1.165, 1.54) is 11.1 Å². The van der Waals surface area contributed by atoms with E-state index in [-0.39, 0.29) is 0 Å². The van der Waals surface area contributed by atoms with Gasteiger partial charge in [-0.05, 0) is 64.2 Å². The van der Waals surface area contributed by atoms with Gasteiger partial charge in [0, 0.05) is 11.8 Å². The minimum atomic E-state index is 0.320. The molecule has 1 aliphatic carbocycles. The zero-order valence-electron chi connectivity index (χ0n) is 12.2. The Labute approximate surface area is 133 Å². The molecule has 1 atom stereocenters. The van der Waals surface area contributed by atoms with Gasteiger partial charge in [0.25, 0.3) is 0 Å². The van der Waals surface area contributed by atoms with Crippen LogP contribution in [0.25, 0.3) is 0 Å². The van der Waals surface area contributed by atoms with Gasteiger partial charge in [-0.1, -0.05) is 6.07 Å². The molecular formula is C17H18BrNO2. The Morgan fingerprint density at radius 2 is 1.95 bits per heavy atom. The van der Waals surface area contributed by atoms with E-state index in [2.05, 4.69) is 39.4 Å². The molecule has 0 radical (unpaired) electrons. The summed E-state index contributed by atoms with van der Waals surface area (Å²) in [6, 6.07) is 12.7. The highest BCUT2D eigenvalue weighted by Gasteiger charge is 2.23. The van der Waals surface area contributed by atoms with E-state index >= 15 is 0 Å². The molecule has 0 aliphatic heterocycles. The first kappa shape index (κ1) is 14.3. The summed E-state index contributed by atoms with van der Waals surface area (Å²) in [7, 11) is 3.39. The average molecular weight is 348 g/mol. The van der Waals surface area contributed by atoms with Crippen LogP contribution in [0.15, 0.2) is 40.9 Å². The molecular weight excluding hydrogens is 330 g/mol. The topological polar surface area (TPSA) is 30.5 Å². The summed E-state index contributed by atoms with van der Waals surface area (Å²) in [5.41, 5.74) is 3.80. The average Bonchev–Trinajstić information content (AvgIpc) is 2.91. The van der Waals surface area contributed by atoms with Gasteiger partial charge in [-0.25, -0.2) is 0 Å². The van der Waals surface area contributed by atoms with Gasteiger partial charge < -0.3 is 14.8 Å². The van der Waals surface area contributed by atoms with Gasteiger partial charge in [0.05, 0.1) is 24.7 Å². The highest BCUT2D eigenvalue weighted by atomic mass is 79.9. The minimum absolute atomic E-state index is 0.320. The van der Waals surface area contributed by atoms with Crippen molar-refractivity contribution in [3.63, 3.8) is 0 Å². The van der Waals surface area contributed by atoms with Crippen molar-refractivity contribution >= 4 is 21.6 Å². The fourth-order valence-corrected chi connectivity index (χ4v) is 3.22. The van der Waals surface area contributed by atoms with Gasteiger partial charge in [-0.3, -0.25) is 0 Å². The molecule has 2 aromatic rings. The summed E-state index contributed by atoms with van der Waals surface area (Å²) in [5, 5.41) is 3.59. The zero-order valence-corrected chi connectivity index (χ0v) is 13.7. The zero-order chi connectivity index (χ0) is 14.8. The summed E-state index contributed by atoms with van der Waals surface area (Å²) in [6.45, 7) is 0. The first-order valence-corrected chi connectivity index (χ1v) is 7.77. The lowest BCUT2D eigenvalue weighted by Crippen LogP contribution is -2.07. The van der Waals surface area contributed by atoms with Crippen LogP contribution < -0.4 is 14.8 Å². The molecule has 0 saturated heterocycles. The Kier molecular flexibility index (Phi) is 4.06. The number of fused-ring (bicyclic) bond motifs is 1. The molecule has 1 aliphatic rings. The number of hydrogen-bond acceptors (Lipinski definition) is 3. The SMILES string of the molecule is COc1ccc2c(c1)C(Nc1ccc(Br)c(OC)c1)CC2. The van der Waals surface area contributed by atoms with Crippen molar-refractivity contribution in [3.05, 3.63) is 52.0 Å². The van der Waals surface area contributed by atoms with Crippen LogP contribution in [-0.2, 0) is 6.42 Å². The Morgan fingerprint density at radius 3 is 2.71 bits per heavy atom. The lowest BCUT2D eigenvalue weighted by atomic mass is 10.1. The van der Waals surface area contributed by atoms with Gasteiger partial charge in [0.2, 0.25) is 0 Å². The molecule has 0 amide bonds. The van der Waals surface area contributed by atoms with E-state index in [1.807, 2.05) is 18.2 Å². The van der Waals surface area contributed by atoms with Gasteiger partial charge in [-0.15, -0.1) is 0 Å². The maximum atomic E-state index is 5.35. The summed E-state index contributed by atoms with van der Waals surface area (Å²) in [4.78, 5) is 0. The number of hydrogen-bond donors (Lipinski definition) is 1. The molecule has 3 rings (SSSR count). The van der Waals surface area contributed by atoms with E-state index in [4.69, 9.17) is 9.47 Å². The number of halogens is 1. The van der Waals surface area contributed by atoms with Crippen molar-refractivity contribution < 1.29 is 9.47 Å². The Hall–Kier alpha value is -1.68. The Morgan fingerprint density at radius 1 is 1.10 bits per heavy atom. The van der Waals surface area contributed by atoms with Crippen molar-refractivity contribution in [2.45, 2.75) is 18.9 Å². The number of anilines is 1. The second-order valence-corrected chi connectivity index (χ2v) is 6.00. The van der Waals surface area contributed by atoms with Crippen molar-refractivity contribution in [2.24, 2.45) is 0 Å². The standard InChI is InChI=1S/C17H18BrNO2/c1-20-13-6-3-11-4-8-16(14(11)10-13)19-12-5-7-15(18)17(9-12)21-2/h3,5-7,9-10,16,19H,4,8H2,1-2H3. The third-order valence-corrected chi connectivity index (χ3v) is 4.58. The van der Waals surface area contributed by atoms with Crippen molar-refractivity contribution in [2.75, 3.05) is 19.5 Å². The molecule has 0 heterocycles. The van der Waals surface area contributed by atoms with Crippen LogP contribution in [0.5, 0.6) is 11.5 Å². The number of nitrogens with one attached hydrogen (secondary N) is 1.